The number of hydrogen-bond donors (Lipinski definition) is 1. The Hall–Kier alpha value is -1.73. The molecule has 1 saturated heterocycles. The van der Waals surface area contributed by atoms with E-state index in [2.05, 4.69) is 9.88 Å². The highest BCUT2D eigenvalue weighted by molar-refractivity contribution is 5.76. The number of nitrogens with zero attached hydrogens (tertiary/aromatic N) is 4. The van der Waals surface area contributed by atoms with Crippen molar-refractivity contribution < 1.29 is 9.90 Å². The number of carbonyl (C=O) groups excluding carboxylic acids is 1. The van der Waals surface area contributed by atoms with Crippen LogP contribution in [0.5, 0.6) is 0 Å². The van der Waals surface area contributed by atoms with Crippen LogP contribution in [0.15, 0.2) is 23.3 Å². The molecule has 1 aromatic heterocycles. The molecule has 116 valence electrons. The van der Waals surface area contributed by atoms with Crippen molar-refractivity contribution >= 4 is 5.91 Å². The monoisotopic (exact) mass is 294 g/mol. The van der Waals surface area contributed by atoms with E-state index in [1.54, 1.807) is 31.0 Å². The zero-order valence-corrected chi connectivity index (χ0v) is 12.5. The Morgan fingerprint density at radius 1 is 1.33 bits per heavy atom. The summed E-state index contributed by atoms with van der Waals surface area (Å²) in [6.45, 7) is 6.87. The third-order valence-electron chi connectivity index (χ3n) is 3.42. The molecule has 0 spiro atoms. The minimum absolute atomic E-state index is 0.0260. The maximum absolute atomic E-state index is 12.2. The van der Waals surface area contributed by atoms with Crippen molar-refractivity contribution in [3.63, 3.8) is 0 Å². The van der Waals surface area contributed by atoms with E-state index in [-0.39, 0.29) is 12.5 Å². The molecular weight excluding hydrogens is 272 g/mol. The predicted molar refractivity (Wildman–Crippen MR) is 77.8 cm³/mol. The lowest BCUT2D eigenvalue weighted by Crippen LogP contribution is -2.52. The third kappa shape index (κ3) is 4.64. The molecule has 1 aromatic rings. The quantitative estimate of drug-likeness (QED) is 0.783. The smallest absolute Gasteiger partial charge is 0.347 e. The van der Waals surface area contributed by atoms with E-state index in [0.717, 1.165) is 13.1 Å². The van der Waals surface area contributed by atoms with Gasteiger partial charge in [-0.05, 0) is 19.9 Å². The molecule has 1 fully saturated rings. The Morgan fingerprint density at radius 3 is 2.57 bits per heavy atom. The van der Waals surface area contributed by atoms with Crippen LogP contribution in [0.4, 0.5) is 0 Å². The summed E-state index contributed by atoms with van der Waals surface area (Å²) in [7, 11) is 0. The van der Waals surface area contributed by atoms with E-state index >= 15 is 0 Å². The summed E-state index contributed by atoms with van der Waals surface area (Å²) >= 11 is 0. The summed E-state index contributed by atoms with van der Waals surface area (Å²) in [6, 6.07) is 1.63. The molecule has 2 rings (SSSR count). The van der Waals surface area contributed by atoms with Gasteiger partial charge in [-0.1, -0.05) is 0 Å². The topological polar surface area (TPSA) is 78.7 Å². The number of hydrogen-bond acceptors (Lipinski definition) is 5. The van der Waals surface area contributed by atoms with E-state index in [1.807, 2.05) is 0 Å². The fourth-order valence-electron chi connectivity index (χ4n) is 2.46. The molecular formula is C14H22N4O3. The average molecular weight is 294 g/mol. The zero-order chi connectivity index (χ0) is 15.5. The van der Waals surface area contributed by atoms with Crippen molar-refractivity contribution in [3.8, 4) is 0 Å². The van der Waals surface area contributed by atoms with Gasteiger partial charge in [-0.2, -0.15) is 0 Å². The number of amides is 1. The number of aromatic nitrogens is 2. The predicted octanol–water partition coefficient (Wildman–Crippen LogP) is -0.842. The Kier molecular flexibility index (Phi) is 4.74. The zero-order valence-electron chi connectivity index (χ0n) is 12.5. The van der Waals surface area contributed by atoms with Gasteiger partial charge >= 0.3 is 5.69 Å². The molecule has 1 aliphatic rings. The Bertz CT molecular complexity index is 542. The van der Waals surface area contributed by atoms with Gasteiger partial charge in [-0.15, -0.1) is 0 Å². The first-order valence-corrected chi connectivity index (χ1v) is 7.09. The van der Waals surface area contributed by atoms with Gasteiger partial charge in [0.2, 0.25) is 5.91 Å². The molecule has 7 heteroatoms. The summed E-state index contributed by atoms with van der Waals surface area (Å²) in [5.74, 6) is -0.0759. The lowest BCUT2D eigenvalue weighted by Gasteiger charge is -2.37. The summed E-state index contributed by atoms with van der Waals surface area (Å²) in [6.07, 6.45) is 2.98. The Morgan fingerprint density at radius 2 is 2.00 bits per heavy atom. The molecule has 0 unspecified atom stereocenters. The van der Waals surface area contributed by atoms with Crippen molar-refractivity contribution in [1.82, 2.24) is 19.4 Å². The molecule has 1 aliphatic heterocycles. The van der Waals surface area contributed by atoms with E-state index < -0.39 is 11.3 Å². The average Bonchev–Trinajstić information content (AvgIpc) is 2.40. The van der Waals surface area contributed by atoms with E-state index in [0.29, 0.717) is 19.6 Å². The molecule has 2 heterocycles. The van der Waals surface area contributed by atoms with Crippen LogP contribution in [0.25, 0.3) is 0 Å². The fraction of sp³-hybridized carbons (Fsp3) is 0.643. The molecule has 0 aliphatic carbocycles. The van der Waals surface area contributed by atoms with Crippen molar-refractivity contribution in [3.05, 3.63) is 28.9 Å². The van der Waals surface area contributed by atoms with Crippen LogP contribution in [-0.4, -0.2) is 68.7 Å². The maximum atomic E-state index is 12.2. The minimum Gasteiger partial charge on any atom is -0.389 e. The molecule has 7 nitrogen and oxygen atoms in total. The standard InChI is InChI=1S/C14H22N4O3/c1-14(2,21)11-16-6-8-17(9-7-16)12(19)10-18-5-3-4-15-13(18)20/h3-5,21H,6-11H2,1-2H3. The van der Waals surface area contributed by atoms with Gasteiger partial charge in [0.05, 0.1) is 5.60 Å². The van der Waals surface area contributed by atoms with Crippen molar-refractivity contribution in [2.45, 2.75) is 26.0 Å². The second-order valence-electron chi connectivity index (χ2n) is 6.00. The van der Waals surface area contributed by atoms with Crippen LogP contribution in [0.1, 0.15) is 13.8 Å². The molecule has 0 saturated carbocycles. The van der Waals surface area contributed by atoms with E-state index in [4.69, 9.17) is 0 Å². The number of β-amino-alcohol motifs (C(OH)–C–C–N with tert-alkyl or cyclic N) is 1. The number of rotatable bonds is 4. The van der Waals surface area contributed by atoms with Crippen LogP contribution in [0, 0.1) is 0 Å². The summed E-state index contributed by atoms with van der Waals surface area (Å²) < 4.78 is 1.31. The molecule has 0 radical (unpaired) electrons. The lowest BCUT2D eigenvalue weighted by molar-refractivity contribution is -0.134. The van der Waals surface area contributed by atoms with Crippen molar-refractivity contribution in [2.24, 2.45) is 0 Å². The highest BCUT2D eigenvalue weighted by Gasteiger charge is 2.25. The first-order chi connectivity index (χ1) is 9.85. The second kappa shape index (κ2) is 6.36. The number of carbonyl (C=O) groups is 1. The van der Waals surface area contributed by atoms with Crippen molar-refractivity contribution in [2.75, 3.05) is 32.7 Å². The van der Waals surface area contributed by atoms with Crippen LogP contribution in [0.2, 0.25) is 0 Å². The summed E-state index contributed by atoms with van der Waals surface area (Å²) in [5.41, 5.74) is -1.14. The van der Waals surface area contributed by atoms with Gasteiger partial charge < -0.3 is 10.0 Å². The van der Waals surface area contributed by atoms with Crippen molar-refractivity contribution in [1.29, 1.82) is 0 Å². The van der Waals surface area contributed by atoms with E-state index in [1.165, 1.54) is 10.8 Å². The highest BCUT2D eigenvalue weighted by Crippen LogP contribution is 2.09. The molecule has 1 N–H and O–H groups in total. The fourth-order valence-corrected chi connectivity index (χ4v) is 2.46. The number of piperazine rings is 1. The van der Waals surface area contributed by atoms with Gasteiger partial charge in [0.25, 0.3) is 0 Å². The highest BCUT2D eigenvalue weighted by atomic mass is 16.3. The van der Waals surface area contributed by atoms with Crippen LogP contribution < -0.4 is 5.69 Å². The number of aliphatic hydroxyl groups is 1. The molecule has 0 bridgehead atoms. The summed E-state index contributed by atoms with van der Waals surface area (Å²) in [5, 5.41) is 9.80. The Labute approximate surface area is 123 Å². The minimum atomic E-state index is -0.727. The molecule has 0 aromatic carbocycles. The summed E-state index contributed by atoms with van der Waals surface area (Å²) in [4.78, 5) is 31.2. The molecule has 0 atom stereocenters. The van der Waals surface area contributed by atoms with Crippen LogP contribution in [-0.2, 0) is 11.3 Å². The normalized spacial score (nSPS) is 17.0. The first kappa shape index (κ1) is 15.7. The molecule has 21 heavy (non-hydrogen) atoms. The third-order valence-corrected chi connectivity index (χ3v) is 3.42. The largest absolute Gasteiger partial charge is 0.389 e. The van der Waals surface area contributed by atoms with E-state index in [9.17, 15) is 14.7 Å². The maximum Gasteiger partial charge on any atom is 0.347 e. The Balaban J connectivity index is 1.86. The van der Waals surface area contributed by atoms with Crippen LogP contribution in [0.3, 0.4) is 0 Å². The lowest BCUT2D eigenvalue weighted by atomic mass is 10.1. The van der Waals surface area contributed by atoms with Crippen LogP contribution >= 0.6 is 0 Å². The molecule has 1 amide bonds. The van der Waals surface area contributed by atoms with Gasteiger partial charge in [-0.3, -0.25) is 14.3 Å². The first-order valence-electron chi connectivity index (χ1n) is 7.09. The van der Waals surface area contributed by atoms with Gasteiger partial charge in [0.15, 0.2) is 0 Å². The van der Waals surface area contributed by atoms with Gasteiger partial charge in [0, 0.05) is 45.1 Å². The van der Waals surface area contributed by atoms with Gasteiger partial charge in [0.1, 0.15) is 6.54 Å². The van der Waals surface area contributed by atoms with Gasteiger partial charge in [-0.25, -0.2) is 9.78 Å². The SMILES string of the molecule is CC(C)(O)CN1CCN(C(=O)Cn2cccnc2=O)CC1. The second-order valence-corrected chi connectivity index (χ2v) is 6.00.